The Balaban J connectivity index is 1.28. The summed E-state index contributed by atoms with van der Waals surface area (Å²) >= 11 is 0. The van der Waals surface area contributed by atoms with Gasteiger partial charge >= 0.3 is 0 Å². The molecule has 3 aromatic heterocycles. The summed E-state index contributed by atoms with van der Waals surface area (Å²) in [4.78, 5) is 31.2. The van der Waals surface area contributed by atoms with Gasteiger partial charge in [0.15, 0.2) is 0 Å². The van der Waals surface area contributed by atoms with E-state index in [9.17, 15) is 4.79 Å². The van der Waals surface area contributed by atoms with Gasteiger partial charge in [0.1, 0.15) is 11.5 Å². The van der Waals surface area contributed by atoms with Crippen molar-refractivity contribution in [3.63, 3.8) is 0 Å². The van der Waals surface area contributed by atoms with E-state index in [0.717, 1.165) is 61.6 Å². The summed E-state index contributed by atoms with van der Waals surface area (Å²) in [7, 11) is 0. The van der Waals surface area contributed by atoms with Crippen LogP contribution in [0.1, 0.15) is 37.7 Å². The third-order valence-electron chi connectivity index (χ3n) is 6.44. The highest BCUT2D eigenvalue weighted by atomic mass is 16.1. The molecule has 0 unspecified atom stereocenters. The molecule has 1 saturated carbocycles. The summed E-state index contributed by atoms with van der Waals surface area (Å²) in [5.74, 6) is 1.86. The maximum Gasteiger partial charge on any atom is 0.252 e. The summed E-state index contributed by atoms with van der Waals surface area (Å²) in [5, 5.41) is 7.35. The molecule has 1 saturated heterocycles. The monoisotopic (exact) mass is 419 g/mol. The van der Waals surface area contributed by atoms with E-state index in [1.165, 1.54) is 25.7 Å². The molecule has 0 amide bonds. The van der Waals surface area contributed by atoms with Gasteiger partial charge < -0.3 is 20.5 Å². The van der Waals surface area contributed by atoms with Crippen LogP contribution in [0, 0.1) is 5.92 Å². The number of fused-ring (bicyclic) bond motifs is 1. The Kier molecular flexibility index (Phi) is 5.80. The number of H-pyrrole nitrogens is 1. The molecule has 0 spiro atoms. The van der Waals surface area contributed by atoms with Crippen molar-refractivity contribution < 1.29 is 0 Å². The maximum absolute atomic E-state index is 12.5. The molecule has 1 aliphatic heterocycles. The zero-order valence-corrected chi connectivity index (χ0v) is 17.7. The second-order valence-corrected chi connectivity index (χ2v) is 8.57. The van der Waals surface area contributed by atoms with Crippen molar-refractivity contribution in [2.45, 2.75) is 38.5 Å². The third kappa shape index (κ3) is 4.69. The first-order valence-corrected chi connectivity index (χ1v) is 11.3. The molecule has 5 rings (SSSR count). The van der Waals surface area contributed by atoms with Gasteiger partial charge in [-0.25, -0.2) is 9.97 Å². The summed E-state index contributed by atoms with van der Waals surface area (Å²) in [6, 6.07) is 5.92. The molecule has 162 valence electrons. The number of hydrogen-bond donors (Lipinski definition) is 3. The lowest BCUT2D eigenvalue weighted by molar-refractivity contribution is 0.503. The molecule has 8 heteroatoms. The molecule has 0 radical (unpaired) electrons. The second-order valence-electron chi connectivity index (χ2n) is 8.57. The topological polar surface area (TPSA) is 98.8 Å². The van der Waals surface area contributed by atoms with Crippen molar-refractivity contribution in [2.75, 3.05) is 36.4 Å². The minimum atomic E-state index is -0.0475. The van der Waals surface area contributed by atoms with Gasteiger partial charge in [-0.15, -0.1) is 0 Å². The lowest BCUT2D eigenvalue weighted by Crippen LogP contribution is -2.43. The van der Waals surface area contributed by atoms with E-state index in [4.69, 9.17) is 0 Å². The zero-order chi connectivity index (χ0) is 21.0. The van der Waals surface area contributed by atoms with E-state index >= 15 is 0 Å². The number of piperazine rings is 1. The quantitative estimate of drug-likeness (QED) is 0.565. The van der Waals surface area contributed by atoms with Crippen LogP contribution in [0.4, 0.5) is 17.5 Å². The van der Waals surface area contributed by atoms with Gasteiger partial charge in [0.2, 0.25) is 5.95 Å². The van der Waals surface area contributed by atoms with Crippen LogP contribution in [0.2, 0.25) is 0 Å². The van der Waals surface area contributed by atoms with E-state index in [0.29, 0.717) is 17.4 Å². The van der Waals surface area contributed by atoms with E-state index in [1.807, 2.05) is 18.3 Å². The molecule has 2 aliphatic rings. The highest BCUT2D eigenvalue weighted by molar-refractivity contribution is 5.75. The first-order valence-electron chi connectivity index (χ1n) is 11.3. The molecule has 4 heterocycles. The summed E-state index contributed by atoms with van der Waals surface area (Å²) in [6.45, 7) is 3.95. The molecule has 0 aromatic carbocycles. The Morgan fingerprint density at radius 3 is 2.71 bits per heavy atom. The molecule has 1 aliphatic carbocycles. The van der Waals surface area contributed by atoms with Crippen LogP contribution < -0.4 is 21.1 Å². The summed E-state index contributed by atoms with van der Waals surface area (Å²) in [6.07, 6.45) is 10.8. The zero-order valence-electron chi connectivity index (χ0n) is 17.7. The third-order valence-corrected chi connectivity index (χ3v) is 6.44. The fraction of sp³-hybridized carbons (Fsp3) is 0.478. The standard InChI is InChI=1S/C23H29N7O/c31-22-17(6-5-16-3-1-2-4-16)13-18-14-26-23(29-21(18)28-22)27-20-8-7-19(15-25-20)30-11-9-24-10-12-30/h7-8,13-16,24H,1-6,9-12H2,(H2,25,26,27,28,29,31). The van der Waals surface area contributed by atoms with Crippen LogP contribution in [0.25, 0.3) is 11.0 Å². The van der Waals surface area contributed by atoms with Crippen LogP contribution >= 0.6 is 0 Å². The molecule has 8 nitrogen and oxygen atoms in total. The van der Waals surface area contributed by atoms with Crippen molar-refractivity contribution in [3.8, 4) is 0 Å². The maximum atomic E-state index is 12.5. The molecule has 2 fully saturated rings. The number of pyridine rings is 2. The van der Waals surface area contributed by atoms with Crippen LogP contribution in [0.5, 0.6) is 0 Å². The lowest BCUT2D eigenvalue weighted by atomic mass is 9.98. The van der Waals surface area contributed by atoms with Gasteiger partial charge in [-0.2, -0.15) is 4.98 Å². The fourth-order valence-electron chi connectivity index (χ4n) is 4.63. The van der Waals surface area contributed by atoms with Crippen LogP contribution in [0.15, 0.2) is 35.4 Å². The normalized spacial score (nSPS) is 17.4. The minimum absolute atomic E-state index is 0.0475. The number of anilines is 3. The van der Waals surface area contributed by atoms with Crippen molar-refractivity contribution >= 4 is 28.5 Å². The number of aryl methyl sites for hydroxylation is 1. The second kappa shape index (κ2) is 9.01. The van der Waals surface area contributed by atoms with Crippen LogP contribution in [0.3, 0.4) is 0 Å². The number of rotatable bonds is 6. The molecule has 3 N–H and O–H groups in total. The minimum Gasteiger partial charge on any atom is -0.368 e. The highest BCUT2D eigenvalue weighted by Gasteiger charge is 2.16. The van der Waals surface area contributed by atoms with Gasteiger partial charge in [0.25, 0.3) is 5.56 Å². The van der Waals surface area contributed by atoms with Crippen molar-refractivity contribution in [3.05, 3.63) is 46.5 Å². The molecular formula is C23H29N7O. The Morgan fingerprint density at radius 1 is 1.10 bits per heavy atom. The fourth-order valence-corrected chi connectivity index (χ4v) is 4.63. The highest BCUT2D eigenvalue weighted by Crippen LogP contribution is 2.28. The first-order chi connectivity index (χ1) is 15.2. The van der Waals surface area contributed by atoms with Crippen molar-refractivity contribution in [2.24, 2.45) is 5.92 Å². The first kappa shape index (κ1) is 19.9. The molecule has 31 heavy (non-hydrogen) atoms. The largest absolute Gasteiger partial charge is 0.368 e. The molecule has 3 aromatic rings. The van der Waals surface area contributed by atoms with Gasteiger partial charge in [0, 0.05) is 43.3 Å². The van der Waals surface area contributed by atoms with Crippen molar-refractivity contribution in [1.29, 1.82) is 0 Å². The van der Waals surface area contributed by atoms with E-state index in [-0.39, 0.29) is 5.56 Å². The van der Waals surface area contributed by atoms with E-state index in [2.05, 4.69) is 41.5 Å². The van der Waals surface area contributed by atoms with E-state index in [1.54, 1.807) is 6.20 Å². The SMILES string of the molecule is O=c1[nH]c2nc(Nc3ccc(N4CCNCC4)cn3)ncc2cc1CCC1CCCC1. The summed E-state index contributed by atoms with van der Waals surface area (Å²) < 4.78 is 0. The predicted molar refractivity (Wildman–Crippen MR) is 123 cm³/mol. The smallest absolute Gasteiger partial charge is 0.252 e. The Morgan fingerprint density at radius 2 is 1.94 bits per heavy atom. The van der Waals surface area contributed by atoms with Gasteiger partial charge in [-0.3, -0.25) is 4.79 Å². The van der Waals surface area contributed by atoms with Crippen LogP contribution in [-0.2, 0) is 6.42 Å². The number of nitrogens with one attached hydrogen (secondary N) is 3. The Hall–Kier alpha value is -3.00. The van der Waals surface area contributed by atoms with Gasteiger partial charge in [-0.05, 0) is 37.0 Å². The van der Waals surface area contributed by atoms with Crippen molar-refractivity contribution in [1.82, 2.24) is 25.3 Å². The number of nitrogens with zero attached hydrogens (tertiary/aromatic N) is 4. The number of hydrogen-bond acceptors (Lipinski definition) is 7. The molecule has 0 bridgehead atoms. The summed E-state index contributed by atoms with van der Waals surface area (Å²) in [5.41, 5.74) is 2.44. The number of aromatic amines is 1. The lowest BCUT2D eigenvalue weighted by Gasteiger charge is -2.29. The average molecular weight is 420 g/mol. The van der Waals surface area contributed by atoms with Crippen LogP contribution in [-0.4, -0.2) is 46.1 Å². The predicted octanol–water partition coefficient (Wildman–Crippen LogP) is 2.99. The average Bonchev–Trinajstić information content (AvgIpc) is 3.32. The Labute approximate surface area is 181 Å². The molecular weight excluding hydrogens is 390 g/mol. The Bertz CT molecular complexity index is 1080. The van der Waals surface area contributed by atoms with Gasteiger partial charge in [-0.1, -0.05) is 25.7 Å². The number of aromatic nitrogens is 4. The van der Waals surface area contributed by atoms with E-state index < -0.39 is 0 Å². The molecule has 0 atom stereocenters. The van der Waals surface area contributed by atoms with Gasteiger partial charge in [0.05, 0.1) is 11.9 Å².